The topological polar surface area (TPSA) is 89.3 Å². The maximum atomic E-state index is 13.1. The maximum Gasteiger partial charge on any atom is 0.289 e. The second-order valence-corrected chi connectivity index (χ2v) is 7.96. The molecule has 0 fully saturated rings. The highest BCUT2D eigenvalue weighted by atomic mass is 35.5. The Labute approximate surface area is 144 Å². The summed E-state index contributed by atoms with van der Waals surface area (Å²) in [4.78, 5) is 10.2. The van der Waals surface area contributed by atoms with Crippen molar-refractivity contribution in [3.05, 3.63) is 56.6 Å². The maximum absolute atomic E-state index is 13.1. The summed E-state index contributed by atoms with van der Waals surface area (Å²) in [5.74, 6) is 0. The SMILES string of the molecule is Cc1ccc(S(=O)(=O)c2ccc(Cl)cc2[N+](=O)[O-])c2c1CCCN2. The van der Waals surface area contributed by atoms with Crippen LogP contribution >= 0.6 is 11.6 Å². The molecule has 0 saturated carbocycles. The zero-order chi connectivity index (χ0) is 17.5. The summed E-state index contributed by atoms with van der Waals surface area (Å²) in [6.07, 6.45) is 1.69. The number of hydrogen-bond donors (Lipinski definition) is 1. The van der Waals surface area contributed by atoms with E-state index in [1.54, 1.807) is 6.07 Å². The predicted molar refractivity (Wildman–Crippen MR) is 91.5 cm³/mol. The van der Waals surface area contributed by atoms with Gasteiger partial charge in [-0.15, -0.1) is 0 Å². The van der Waals surface area contributed by atoms with Crippen molar-refractivity contribution in [2.45, 2.75) is 29.6 Å². The number of nitro benzene ring substituents is 1. The molecule has 6 nitrogen and oxygen atoms in total. The van der Waals surface area contributed by atoms with Crippen LogP contribution in [0.3, 0.4) is 0 Å². The van der Waals surface area contributed by atoms with Crippen molar-refractivity contribution in [3.63, 3.8) is 0 Å². The Kier molecular flexibility index (Phi) is 4.23. The first-order valence-corrected chi connectivity index (χ1v) is 9.24. The summed E-state index contributed by atoms with van der Waals surface area (Å²) < 4.78 is 26.1. The lowest BCUT2D eigenvalue weighted by Gasteiger charge is -2.23. The molecule has 1 N–H and O–H groups in total. The fourth-order valence-electron chi connectivity index (χ4n) is 2.93. The van der Waals surface area contributed by atoms with E-state index in [2.05, 4.69) is 5.32 Å². The van der Waals surface area contributed by atoms with Gasteiger partial charge in [0.1, 0.15) is 4.90 Å². The van der Waals surface area contributed by atoms with E-state index in [9.17, 15) is 18.5 Å². The molecular weight excluding hydrogens is 352 g/mol. The first kappa shape index (κ1) is 16.7. The molecule has 0 saturated heterocycles. The van der Waals surface area contributed by atoms with Crippen LogP contribution in [-0.4, -0.2) is 19.9 Å². The standard InChI is InChI=1S/C16H15ClN2O4S/c1-10-4-6-15(16-12(10)3-2-8-18-16)24(22,23)14-7-5-11(17)9-13(14)19(20)21/h4-7,9,18H,2-3,8H2,1H3. The average Bonchev–Trinajstić information content (AvgIpc) is 2.54. The molecule has 0 spiro atoms. The molecule has 3 rings (SSSR count). The van der Waals surface area contributed by atoms with Crippen molar-refractivity contribution in [3.8, 4) is 0 Å². The third-order valence-electron chi connectivity index (χ3n) is 4.11. The number of anilines is 1. The smallest absolute Gasteiger partial charge is 0.289 e. The molecular formula is C16H15ClN2O4S. The van der Waals surface area contributed by atoms with Crippen molar-refractivity contribution in [1.82, 2.24) is 0 Å². The predicted octanol–water partition coefficient (Wildman–Crippen LogP) is 3.75. The molecule has 0 aromatic heterocycles. The first-order valence-electron chi connectivity index (χ1n) is 7.38. The van der Waals surface area contributed by atoms with E-state index >= 15 is 0 Å². The molecule has 126 valence electrons. The lowest BCUT2D eigenvalue weighted by Crippen LogP contribution is -2.17. The minimum absolute atomic E-state index is 0.0632. The average molecular weight is 367 g/mol. The molecule has 0 unspecified atom stereocenters. The van der Waals surface area contributed by atoms with Crippen molar-refractivity contribution in [2.75, 3.05) is 11.9 Å². The Morgan fingerprint density at radius 1 is 1.21 bits per heavy atom. The van der Waals surface area contributed by atoms with Crippen LogP contribution in [0.5, 0.6) is 0 Å². The van der Waals surface area contributed by atoms with Gasteiger partial charge in [0.15, 0.2) is 0 Å². The van der Waals surface area contributed by atoms with Gasteiger partial charge in [-0.1, -0.05) is 17.7 Å². The van der Waals surface area contributed by atoms with Crippen molar-refractivity contribution >= 4 is 32.8 Å². The summed E-state index contributed by atoms with van der Waals surface area (Å²) in [7, 11) is -4.05. The molecule has 2 aromatic carbocycles. The van der Waals surface area contributed by atoms with Gasteiger partial charge in [0.05, 0.1) is 15.5 Å². The van der Waals surface area contributed by atoms with Gasteiger partial charge in [0.25, 0.3) is 5.69 Å². The number of aryl methyl sites for hydroxylation is 1. The van der Waals surface area contributed by atoms with Crippen LogP contribution in [0.1, 0.15) is 17.5 Å². The number of halogens is 1. The molecule has 1 aliphatic rings. The molecule has 0 bridgehead atoms. The summed E-state index contributed by atoms with van der Waals surface area (Å²) >= 11 is 5.78. The van der Waals surface area contributed by atoms with Gasteiger partial charge in [-0.2, -0.15) is 0 Å². The monoisotopic (exact) mass is 366 g/mol. The van der Waals surface area contributed by atoms with E-state index in [0.717, 1.165) is 30.0 Å². The number of rotatable bonds is 3. The Bertz CT molecular complexity index is 941. The quantitative estimate of drug-likeness (QED) is 0.660. The Morgan fingerprint density at radius 3 is 2.62 bits per heavy atom. The molecule has 8 heteroatoms. The van der Waals surface area contributed by atoms with Crippen LogP contribution in [0.15, 0.2) is 40.1 Å². The second kappa shape index (κ2) is 6.07. The van der Waals surface area contributed by atoms with E-state index in [-0.39, 0.29) is 14.8 Å². The number of benzene rings is 2. The van der Waals surface area contributed by atoms with Crippen LogP contribution in [-0.2, 0) is 16.3 Å². The van der Waals surface area contributed by atoms with Crippen LogP contribution in [0.4, 0.5) is 11.4 Å². The summed E-state index contributed by atoms with van der Waals surface area (Å²) in [6.45, 7) is 2.59. The molecule has 24 heavy (non-hydrogen) atoms. The Balaban J connectivity index is 2.26. The summed E-state index contributed by atoms with van der Waals surface area (Å²) in [5.41, 5.74) is 1.97. The van der Waals surface area contributed by atoms with Gasteiger partial charge in [0, 0.05) is 17.6 Å². The summed E-state index contributed by atoms with van der Waals surface area (Å²) in [6, 6.07) is 6.82. The van der Waals surface area contributed by atoms with Gasteiger partial charge in [-0.25, -0.2) is 8.42 Å². The third-order valence-corrected chi connectivity index (χ3v) is 6.19. The van der Waals surface area contributed by atoms with Crippen LogP contribution < -0.4 is 5.32 Å². The highest BCUT2D eigenvalue weighted by Gasteiger charge is 2.31. The number of sulfone groups is 1. The molecule has 0 amide bonds. The lowest BCUT2D eigenvalue weighted by atomic mass is 9.99. The largest absolute Gasteiger partial charge is 0.384 e. The van der Waals surface area contributed by atoms with Gasteiger partial charge in [-0.3, -0.25) is 10.1 Å². The van der Waals surface area contributed by atoms with Crippen LogP contribution in [0.2, 0.25) is 5.02 Å². The number of nitrogens with zero attached hydrogens (tertiary/aromatic N) is 1. The van der Waals surface area contributed by atoms with Crippen LogP contribution in [0.25, 0.3) is 0 Å². The molecule has 1 heterocycles. The minimum atomic E-state index is -4.05. The Hall–Kier alpha value is -2.12. The molecule has 0 atom stereocenters. The first-order chi connectivity index (χ1) is 11.3. The zero-order valence-corrected chi connectivity index (χ0v) is 14.4. The fraction of sp³-hybridized carbons (Fsp3) is 0.250. The number of nitrogens with one attached hydrogen (secondary N) is 1. The number of fused-ring (bicyclic) bond motifs is 1. The van der Waals surface area contributed by atoms with E-state index in [1.165, 1.54) is 18.2 Å². The van der Waals surface area contributed by atoms with E-state index in [1.807, 2.05) is 6.92 Å². The van der Waals surface area contributed by atoms with E-state index in [0.29, 0.717) is 12.2 Å². The molecule has 0 radical (unpaired) electrons. The zero-order valence-electron chi connectivity index (χ0n) is 12.9. The normalized spacial score (nSPS) is 13.9. The van der Waals surface area contributed by atoms with Crippen LogP contribution in [0, 0.1) is 17.0 Å². The highest BCUT2D eigenvalue weighted by molar-refractivity contribution is 7.91. The highest BCUT2D eigenvalue weighted by Crippen LogP contribution is 2.38. The van der Waals surface area contributed by atoms with Gasteiger partial charge < -0.3 is 5.32 Å². The third kappa shape index (κ3) is 2.74. The number of nitro groups is 1. The van der Waals surface area contributed by atoms with Crippen molar-refractivity contribution in [1.29, 1.82) is 0 Å². The Morgan fingerprint density at radius 2 is 1.92 bits per heavy atom. The minimum Gasteiger partial charge on any atom is -0.384 e. The van der Waals surface area contributed by atoms with E-state index < -0.39 is 20.4 Å². The van der Waals surface area contributed by atoms with Gasteiger partial charge in [-0.05, 0) is 49.1 Å². The van der Waals surface area contributed by atoms with Crippen molar-refractivity contribution in [2.24, 2.45) is 0 Å². The lowest BCUT2D eigenvalue weighted by molar-refractivity contribution is -0.387. The summed E-state index contributed by atoms with van der Waals surface area (Å²) in [5, 5.41) is 14.5. The second-order valence-electron chi connectivity index (χ2n) is 5.64. The molecule has 0 aliphatic carbocycles. The number of hydrogen-bond acceptors (Lipinski definition) is 5. The molecule has 2 aromatic rings. The fourth-order valence-corrected chi connectivity index (χ4v) is 4.70. The van der Waals surface area contributed by atoms with Gasteiger partial charge in [0.2, 0.25) is 9.84 Å². The van der Waals surface area contributed by atoms with Crippen molar-refractivity contribution < 1.29 is 13.3 Å². The molecule has 1 aliphatic heterocycles. The van der Waals surface area contributed by atoms with Gasteiger partial charge >= 0.3 is 0 Å². The van der Waals surface area contributed by atoms with E-state index in [4.69, 9.17) is 11.6 Å².